The van der Waals surface area contributed by atoms with E-state index in [1.807, 2.05) is 0 Å². The van der Waals surface area contributed by atoms with E-state index in [0.717, 1.165) is 6.42 Å². The third-order valence-electron chi connectivity index (χ3n) is 4.03. The van der Waals surface area contributed by atoms with Crippen LogP contribution in [0.5, 0.6) is 0 Å². The third-order valence-corrected chi connectivity index (χ3v) is 4.03. The Morgan fingerprint density at radius 2 is 1.32 bits per heavy atom. The molecule has 0 saturated carbocycles. The van der Waals surface area contributed by atoms with Crippen molar-refractivity contribution in [1.82, 2.24) is 0 Å². The molecule has 0 aliphatic heterocycles. The van der Waals surface area contributed by atoms with Gasteiger partial charge in [0, 0.05) is 0 Å². The highest BCUT2D eigenvalue weighted by atomic mass is 14.5. The SMILES string of the molecule is NCCc1ccc2ccc3cccc4ccc1c2c34. The van der Waals surface area contributed by atoms with Crippen molar-refractivity contribution in [2.24, 2.45) is 5.73 Å². The Morgan fingerprint density at radius 3 is 2.05 bits per heavy atom. The second-order valence-electron chi connectivity index (χ2n) is 5.12. The Kier molecular flexibility index (Phi) is 2.23. The minimum Gasteiger partial charge on any atom is -0.330 e. The molecule has 1 heteroatoms. The van der Waals surface area contributed by atoms with Gasteiger partial charge in [-0.05, 0) is 50.8 Å². The fourth-order valence-corrected chi connectivity index (χ4v) is 3.17. The van der Waals surface area contributed by atoms with Crippen molar-refractivity contribution in [1.29, 1.82) is 0 Å². The quantitative estimate of drug-likeness (QED) is 0.529. The lowest BCUT2D eigenvalue weighted by Gasteiger charge is -2.13. The zero-order chi connectivity index (χ0) is 12.8. The van der Waals surface area contributed by atoms with Crippen molar-refractivity contribution in [2.45, 2.75) is 6.42 Å². The summed E-state index contributed by atoms with van der Waals surface area (Å²) in [5.74, 6) is 0. The maximum Gasteiger partial charge on any atom is -0.00240 e. The molecule has 0 aromatic heterocycles. The van der Waals surface area contributed by atoms with E-state index in [-0.39, 0.29) is 0 Å². The van der Waals surface area contributed by atoms with Crippen LogP contribution in [0, 0.1) is 0 Å². The normalized spacial score (nSPS) is 11.8. The second kappa shape index (κ2) is 3.94. The molecule has 92 valence electrons. The molecule has 0 amide bonds. The Hall–Kier alpha value is -2.12. The first-order chi connectivity index (χ1) is 9.38. The predicted octanol–water partition coefficient (Wildman–Crippen LogP) is 4.09. The molecule has 2 N–H and O–H groups in total. The van der Waals surface area contributed by atoms with Crippen molar-refractivity contribution in [2.75, 3.05) is 6.54 Å². The summed E-state index contributed by atoms with van der Waals surface area (Å²) in [5, 5.41) is 8.09. The molecule has 0 radical (unpaired) electrons. The summed E-state index contributed by atoms with van der Waals surface area (Å²) >= 11 is 0. The van der Waals surface area contributed by atoms with Crippen LogP contribution in [0.1, 0.15) is 5.56 Å². The first kappa shape index (κ1) is 10.8. The van der Waals surface area contributed by atoms with Crippen molar-refractivity contribution in [3.05, 3.63) is 60.2 Å². The van der Waals surface area contributed by atoms with Crippen LogP contribution >= 0.6 is 0 Å². The zero-order valence-electron chi connectivity index (χ0n) is 10.7. The van der Waals surface area contributed by atoms with Gasteiger partial charge >= 0.3 is 0 Å². The van der Waals surface area contributed by atoms with Crippen molar-refractivity contribution in [3.63, 3.8) is 0 Å². The summed E-state index contributed by atoms with van der Waals surface area (Å²) in [6.45, 7) is 0.698. The van der Waals surface area contributed by atoms with Crippen LogP contribution in [-0.4, -0.2) is 6.54 Å². The van der Waals surface area contributed by atoms with Gasteiger partial charge in [0.15, 0.2) is 0 Å². The summed E-state index contributed by atoms with van der Waals surface area (Å²) < 4.78 is 0. The molecule has 0 fully saturated rings. The van der Waals surface area contributed by atoms with Crippen molar-refractivity contribution < 1.29 is 0 Å². The van der Waals surface area contributed by atoms with Gasteiger partial charge in [-0.3, -0.25) is 0 Å². The number of hydrogen-bond acceptors (Lipinski definition) is 1. The molecule has 0 spiro atoms. The van der Waals surface area contributed by atoms with Gasteiger partial charge in [-0.1, -0.05) is 54.6 Å². The number of benzene rings is 4. The molecular formula is C18H15N. The van der Waals surface area contributed by atoms with Gasteiger partial charge < -0.3 is 5.73 Å². The molecule has 0 bridgehead atoms. The van der Waals surface area contributed by atoms with E-state index in [9.17, 15) is 0 Å². The van der Waals surface area contributed by atoms with Crippen molar-refractivity contribution >= 4 is 32.3 Å². The van der Waals surface area contributed by atoms with Crippen LogP contribution in [0.25, 0.3) is 32.3 Å². The van der Waals surface area contributed by atoms with E-state index in [1.165, 1.54) is 37.9 Å². The average Bonchev–Trinajstić information content (AvgIpc) is 2.46. The fraction of sp³-hybridized carbons (Fsp3) is 0.111. The molecular weight excluding hydrogens is 230 g/mol. The highest BCUT2D eigenvalue weighted by Gasteiger charge is 2.09. The minimum absolute atomic E-state index is 0.698. The first-order valence-corrected chi connectivity index (χ1v) is 6.74. The van der Waals surface area contributed by atoms with Gasteiger partial charge in [-0.2, -0.15) is 0 Å². The maximum absolute atomic E-state index is 5.73. The molecule has 4 rings (SSSR count). The topological polar surface area (TPSA) is 26.0 Å². The standard InChI is InChI=1S/C18H15N/c19-11-10-12-4-5-15-7-6-13-2-1-3-14-8-9-16(12)18(15)17(13)14/h1-9H,10-11,19H2. The van der Waals surface area contributed by atoms with Gasteiger partial charge in [-0.25, -0.2) is 0 Å². The Morgan fingerprint density at radius 1 is 0.684 bits per heavy atom. The smallest absolute Gasteiger partial charge is 0.00240 e. The van der Waals surface area contributed by atoms with Crippen molar-refractivity contribution in [3.8, 4) is 0 Å². The van der Waals surface area contributed by atoms with Crippen LogP contribution in [-0.2, 0) is 6.42 Å². The summed E-state index contributed by atoms with van der Waals surface area (Å²) in [6, 6.07) is 19.9. The maximum atomic E-state index is 5.73. The first-order valence-electron chi connectivity index (χ1n) is 6.74. The molecule has 0 aliphatic rings. The molecule has 4 aromatic carbocycles. The van der Waals surface area contributed by atoms with Gasteiger partial charge in [0.1, 0.15) is 0 Å². The highest BCUT2D eigenvalue weighted by molar-refractivity contribution is 6.23. The Bertz CT molecular complexity index is 861. The molecule has 4 aromatic rings. The lowest BCUT2D eigenvalue weighted by molar-refractivity contribution is 0.978. The highest BCUT2D eigenvalue weighted by Crippen LogP contribution is 2.35. The Balaban J connectivity index is 2.28. The monoisotopic (exact) mass is 245 g/mol. The van der Waals surface area contributed by atoms with Crippen LogP contribution in [0.4, 0.5) is 0 Å². The number of nitrogens with two attached hydrogens (primary N) is 1. The number of hydrogen-bond donors (Lipinski definition) is 1. The molecule has 1 nitrogen and oxygen atoms in total. The van der Waals surface area contributed by atoms with Crippen LogP contribution in [0.15, 0.2) is 54.6 Å². The lowest BCUT2D eigenvalue weighted by atomic mass is 9.91. The molecule has 0 atom stereocenters. The van der Waals surface area contributed by atoms with Gasteiger partial charge in [0.05, 0.1) is 0 Å². The van der Waals surface area contributed by atoms with E-state index in [4.69, 9.17) is 5.73 Å². The molecule has 0 aliphatic carbocycles. The third kappa shape index (κ3) is 1.45. The van der Waals surface area contributed by atoms with E-state index < -0.39 is 0 Å². The molecule has 19 heavy (non-hydrogen) atoms. The predicted molar refractivity (Wildman–Crippen MR) is 82.9 cm³/mol. The molecule has 0 heterocycles. The van der Waals surface area contributed by atoms with E-state index in [1.54, 1.807) is 0 Å². The summed E-state index contributed by atoms with van der Waals surface area (Å²) in [6.07, 6.45) is 0.939. The summed E-state index contributed by atoms with van der Waals surface area (Å²) in [4.78, 5) is 0. The molecule has 0 unspecified atom stereocenters. The Labute approximate surface area is 112 Å². The van der Waals surface area contributed by atoms with Gasteiger partial charge in [0.25, 0.3) is 0 Å². The molecule has 0 saturated heterocycles. The van der Waals surface area contributed by atoms with Crippen LogP contribution in [0.3, 0.4) is 0 Å². The van der Waals surface area contributed by atoms with E-state index >= 15 is 0 Å². The van der Waals surface area contributed by atoms with Crippen LogP contribution in [0.2, 0.25) is 0 Å². The van der Waals surface area contributed by atoms with E-state index in [0.29, 0.717) is 6.54 Å². The lowest BCUT2D eigenvalue weighted by Crippen LogP contribution is -2.03. The van der Waals surface area contributed by atoms with Gasteiger partial charge in [-0.15, -0.1) is 0 Å². The minimum atomic E-state index is 0.698. The summed E-state index contributed by atoms with van der Waals surface area (Å²) in [5.41, 5.74) is 7.09. The largest absolute Gasteiger partial charge is 0.330 e. The fourth-order valence-electron chi connectivity index (χ4n) is 3.17. The van der Waals surface area contributed by atoms with Crippen LogP contribution < -0.4 is 5.73 Å². The van der Waals surface area contributed by atoms with Gasteiger partial charge in [0.2, 0.25) is 0 Å². The number of rotatable bonds is 2. The zero-order valence-corrected chi connectivity index (χ0v) is 10.7. The average molecular weight is 245 g/mol. The second-order valence-corrected chi connectivity index (χ2v) is 5.12. The van der Waals surface area contributed by atoms with E-state index in [2.05, 4.69) is 54.6 Å². The summed E-state index contributed by atoms with van der Waals surface area (Å²) in [7, 11) is 0.